The number of rotatable bonds is 5. The number of para-hydroxylation sites is 1. The molecule has 3 aromatic carbocycles. The number of imide groups is 1. The van der Waals surface area contributed by atoms with Crippen LogP contribution in [-0.2, 0) is 9.59 Å². The number of nitrogens with zero attached hydrogens (tertiary/aromatic N) is 3. The topological polar surface area (TPSA) is 83.8 Å². The standard InChI is InChI=1S/C23H16ClN3O4/c1-25(17-5-3-2-4-6-17)21-20(15-7-11-19(12-8-15)27(30)31)22(28)26(23(21)29)18-13-9-16(24)10-14-18/h2-14H,1H3. The molecule has 4 rings (SSSR count). The van der Waals surface area contributed by atoms with Crippen LogP contribution in [0, 0.1) is 10.1 Å². The summed E-state index contributed by atoms with van der Waals surface area (Å²) in [6.45, 7) is 0. The Morgan fingerprint density at radius 3 is 2.06 bits per heavy atom. The van der Waals surface area contributed by atoms with Gasteiger partial charge in [0.05, 0.1) is 16.2 Å². The number of carbonyl (C=O) groups excluding carboxylic acids is 2. The Kier molecular flexibility index (Phi) is 5.27. The average Bonchev–Trinajstić information content (AvgIpc) is 3.04. The van der Waals surface area contributed by atoms with Gasteiger partial charge in [0.2, 0.25) is 0 Å². The predicted octanol–water partition coefficient (Wildman–Crippen LogP) is 4.67. The summed E-state index contributed by atoms with van der Waals surface area (Å²) in [6.07, 6.45) is 0. The molecular weight excluding hydrogens is 418 g/mol. The number of likely N-dealkylation sites (N-methyl/N-ethyl adjacent to an activating group) is 1. The van der Waals surface area contributed by atoms with Crippen molar-refractivity contribution in [1.82, 2.24) is 0 Å². The van der Waals surface area contributed by atoms with Crippen LogP contribution in [0.25, 0.3) is 5.57 Å². The fourth-order valence-corrected chi connectivity index (χ4v) is 3.57. The van der Waals surface area contributed by atoms with Crippen LogP contribution in [0.3, 0.4) is 0 Å². The Balaban J connectivity index is 1.86. The number of nitro benzene ring substituents is 1. The zero-order valence-electron chi connectivity index (χ0n) is 16.4. The van der Waals surface area contributed by atoms with Crippen LogP contribution in [0.4, 0.5) is 17.1 Å². The molecule has 8 heteroatoms. The number of hydrogen-bond acceptors (Lipinski definition) is 5. The largest absolute Gasteiger partial charge is 0.339 e. The summed E-state index contributed by atoms with van der Waals surface area (Å²) in [5.74, 6) is -1.01. The Labute approximate surface area is 182 Å². The van der Waals surface area contributed by atoms with Gasteiger partial charge in [-0.1, -0.05) is 29.8 Å². The van der Waals surface area contributed by atoms with E-state index < -0.39 is 16.7 Å². The van der Waals surface area contributed by atoms with Crippen molar-refractivity contribution in [3.63, 3.8) is 0 Å². The monoisotopic (exact) mass is 433 g/mol. The van der Waals surface area contributed by atoms with Crippen LogP contribution in [0.2, 0.25) is 5.02 Å². The number of carbonyl (C=O) groups is 2. The highest BCUT2D eigenvalue weighted by Crippen LogP contribution is 2.36. The first-order valence-corrected chi connectivity index (χ1v) is 9.68. The fraction of sp³-hybridized carbons (Fsp3) is 0.0435. The summed E-state index contributed by atoms with van der Waals surface area (Å²) in [7, 11) is 1.70. The highest BCUT2D eigenvalue weighted by atomic mass is 35.5. The minimum absolute atomic E-state index is 0.103. The van der Waals surface area contributed by atoms with E-state index in [-0.39, 0.29) is 17.0 Å². The van der Waals surface area contributed by atoms with Gasteiger partial charge in [-0.2, -0.15) is 0 Å². The molecule has 0 bridgehead atoms. The van der Waals surface area contributed by atoms with Gasteiger partial charge in [-0.3, -0.25) is 19.7 Å². The van der Waals surface area contributed by atoms with Crippen molar-refractivity contribution in [1.29, 1.82) is 0 Å². The second kappa shape index (κ2) is 8.04. The van der Waals surface area contributed by atoms with Crippen molar-refractivity contribution in [2.24, 2.45) is 0 Å². The van der Waals surface area contributed by atoms with Gasteiger partial charge < -0.3 is 4.90 Å². The number of non-ortho nitro benzene ring substituents is 1. The van der Waals surface area contributed by atoms with Crippen LogP contribution in [-0.4, -0.2) is 23.8 Å². The molecule has 3 aromatic rings. The Morgan fingerprint density at radius 2 is 1.48 bits per heavy atom. The SMILES string of the molecule is CN(C1=C(c2ccc([N+](=O)[O-])cc2)C(=O)N(c2ccc(Cl)cc2)C1=O)c1ccccc1. The van der Waals surface area contributed by atoms with E-state index in [1.165, 1.54) is 24.3 Å². The summed E-state index contributed by atoms with van der Waals surface area (Å²) < 4.78 is 0. The first-order chi connectivity index (χ1) is 14.9. The Hall–Kier alpha value is -3.97. The Bertz CT molecular complexity index is 1210. The molecule has 0 fully saturated rings. The number of hydrogen-bond donors (Lipinski definition) is 0. The van der Waals surface area contributed by atoms with Crippen molar-refractivity contribution in [3.05, 3.63) is 105 Å². The molecule has 0 aliphatic carbocycles. The first-order valence-electron chi connectivity index (χ1n) is 9.30. The zero-order chi connectivity index (χ0) is 22.1. The van der Waals surface area contributed by atoms with Gasteiger partial charge in [-0.15, -0.1) is 0 Å². The summed E-state index contributed by atoms with van der Waals surface area (Å²) in [5, 5.41) is 11.5. The van der Waals surface area contributed by atoms with Gasteiger partial charge in [0.1, 0.15) is 5.70 Å². The van der Waals surface area contributed by atoms with Crippen LogP contribution in [0.5, 0.6) is 0 Å². The lowest BCUT2D eigenvalue weighted by Crippen LogP contribution is -2.34. The van der Waals surface area contributed by atoms with E-state index in [4.69, 9.17) is 11.6 Å². The van der Waals surface area contributed by atoms with E-state index in [1.807, 2.05) is 30.3 Å². The zero-order valence-corrected chi connectivity index (χ0v) is 17.1. The van der Waals surface area contributed by atoms with Crippen molar-refractivity contribution >= 4 is 46.1 Å². The number of nitro groups is 1. The highest BCUT2D eigenvalue weighted by molar-refractivity contribution is 6.46. The van der Waals surface area contributed by atoms with Gasteiger partial charge in [0, 0.05) is 29.9 Å². The molecule has 31 heavy (non-hydrogen) atoms. The van der Waals surface area contributed by atoms with Crippen LogP contribution < -0.4 is 9.80 Å². The first kappa shape index (κ1) is 20.3. The maximum Gasteiger partial charge on any atom is 0.282 e. The van der Waals surface area contributed by atoms with Crippen molar-refractivity contribution in [2.75, 3.05) is 16.8 Å². The van der Waals surface area contributed by atoms with Crippen molar-refractivity contribution < 1.29 is 14.5 Å². The second-order valence-electron chi connectivity index (χ2n) is 6.84. The molecule has 0 aromatic heterocycles. The molecule has 0 saturated heterocycles. The normalized spacial score (nSPS) is 13.7. The highest BCUT2D eigenvalue weighted by Gasteiger charge is 2.42. The van der Waals surface area contributed by atoms with Crippen molar-refractivity contribution in [3.8, 4) is 0 Å². The number of amides is 2. The molecule has 1 heterocycles. The lowest BCUT2D eigenvalue weighted by atomic mass is 10.0. The lowest BCUT2D eigenvalue weighted by molar-refractivity contribution is -0.384. The summed E-state index contributed by atoms with van der Waals surface area (Å²) in [4.78, 5) is 40.1. The molecule has 1 aliphatic rings. The average molecular weight is 434 g/mol. The minimum atomic E-state index is -0.517. The number of halogens is 1. The van der Waals surface area contributed by atoms with Gasteiger partial charge in [0.15, 0.2) is 0 Å². The summed E-state index contributed by atoms with van der Waals surface area (Å²) in [5.41, 5.74) is 1.76. The van der Waals surface area contributed by atoms with Crippen LogP contribution in [0.1, 0.15) is 5.56 Å². The predicted molar refractivity (Wildman–Crippen MR) is 119 cm³/mol. The third-order valence-corrected chi connectivity index (χ3v) is 5.24. The Morgan fingerprint density at radius 1 is 0.871 bits per heavy atom. The summed E-state index contributed by atoms with van der Waals surface area (Å²) >= 11 is 5.95. The van der Waals surface area contributed by atoms with Gasteiger partial charge in [-0.25, -0.2) is 4.90 Å². The van der Waals surface area contributed by atoms with E-state index in [0.717, 1.165) is 10.6 Å². The second-order valence-corrected chi connectivity index (χ2v) is 7.28. The molecule has 7 nitrogen and oxygen atoms in total. The maximum atomic E-state index is 13.4. The van der Waals surface area contributed by atoms with E-state index in [9.17, 15) is 19.7 Å². The third-order valence-electron chi connectivity index (χ3n) is 4.99. The molecule has 2 amide bonds. The molecule has 0 radical (unpaired) electrons. The summed E-state index contributed by atoms with van der Waals surface area (Å²) in [6, 6.07) is 21.1. The third kappa shape index (κ3) is 3.67. The molecule has 154 valence electrons. The minimum Gasteiger partial charge on any atom is -0.339 e. The van der Waals surface area contributed by atoms with Gasteiger partial charge >= 0.3 is 0 Å². The molecule has 0 unspecified atom stereocenters. The van der Waals surface area contributed by atoms with E-state index in [0.29, 0.717) is 16.3 Å². The van der Waals surface area contributed by atoms with E-state index >= 15 is 0 Å². The molecule has 0 N–H and O–H groups in total. The molecule has 1 aliphatic heterocycles. The van der Waals surface area contributed by atoms with Crippen molar-refractivity contribution in [2.45, 2.75) is 0 Å². The molecule has 0 atom stereocenters. The molecular formula is C23H16ClN3O4. The number of anilines is 2. The fourth-order valence-electron chi connectivity index (χ4n) is 3.44. The maximum absolute atomic E-state index is 13.4. The molecule has 0 saturated carbocycles. The van der Waals surface area contributed by atoms with Crippen LogP contribution >= 0.6 is 11.6 Å². The van der Waals surface area contributed by atoms with Crippen LogP contribution in [0.15, 0.2) is 84.6 Å². The lowest BCUT2D eigenvalue weighted by Gasteiger charge is -2.21. The quantitative estimate of drug-likeness (QED) is 0.331. The van der Waals surface area contributed by atoms with Gasteiger partial charge in [-0.05, 0) is 54.1 Å². The smallest absolute Gasteiger partial charge is 0.282 e. The number of benzene rings is 3. The van der Waals surface area contributed by atoms with E-state index in [2.05, 4.69) is 0 Å². The molecule has 0 spiro atoms. The van der Waals surface area contributed by atoms with Gasteiger partial charge in [0.25, 0.3) is 17.5 Å². The van der Waals surface area contributed by atoms with E-state index in [1.54, 1.807) is 36.2 Å².